The molecule has 0 bridgehead atoms. The van der Waals surface area contributed by atoms with Gasteiger partial charge in [0.05, 0.1) is 28.6 Å². The van der Waals surface area contributed by atoms with E-state index in [-0.39, 0.29) is 25.5 Å². The smallest absolute Gasteiger partial charge is 0.120 e. The molecular weight excluding hydrogens is 733 g/mol. The van der Waals surface area contributed by atoms with Gasteiger partial charge in [0.15, 0.2) is 0 Å². The molecule has 0 amide bonds. The molecule has 8 aromatic rings. The van der Waals surface area contributed by atoms with Crippen molar-refractivity contribution in [2.75, 3.05) is 0 Å². The molecule has 0 saturated carbocycles. The first kappa shape index (κ1) is 30.1. The Morgan fingerprint density at radius 1 is 0.733 bits per heavy atom. The summed E-state index contributed by atoms with van der Waals surface area (Å²) in [5, 5.41) is 2.16. The van der Waals surface area contributed by atoms with E-state index in [1.165, 1.54) is 0 Å². The van der Waals surface area contributed by atoms with Gasteiger partial charge in [0.25, 0.3) is 0 Å². The third-order valence-electron chi connectivity index (χ3n) is 7.59. The Balaban J connectivity index is 0.000000231. The Bertz CT molecular complexity index is 2160. The zero-order chi connectivity index (χ0) is 30.1. The number of benzene rings is 4. The van der Waals surface area contributed by atoms with E-state index < -0.39 is 0 Å². The molecule has 0 N–H and O–H groups in total. The average molecular weight is 763 g/mol. The fourth-order valence-electron chi connectivity index (χ4n) is 5.51. The van der Waals surface area contributed by atoms with Gasteiger partial charge in [0.2, 0.25) is 0 Å². The van der Waals surface area contributed by atoms with Gasteiger partial charge in [-0.05, 0) is 35.4 Å². The molecular formula is C39H30IrN4O-2. The van der Waals surface area contributed by atoms with Crippen LogP contribution in [0.25, 0.3) is 61.3 Å². The maximum Gasteiger partial charge on any atom is 0.120 e. The number of fused-ring (bicyclic) bond motifs is 4. The molecule has 0 aliphatic carbocycles. The molecule has 5 nitrogen and oxygen atoms in total. The van der Waals surface area contributed by atoms with Gasteiger partial charge < -0.3 is 14.0 Å². The van der Waals surface area contributed by atoms with Gasteiger partial charge in [0, 0.05) is 49.1 Å². The zero-order valence-electron chi connectivity index (χ0n) is 25.2. The SMILES string of the molecule is CC(C)(C)c1cncc2nc(-c3[c-]ccc4c3oc3ccccc34)n(-c3ccccc3)c12.[Ir].[c-]1ccccc1-c1ccccn1. The van der Waals surface area contributed by atoms with Gasteiger partial charge in [-0.2, -0.15) is 0 Å². The van der Waals surface area contributed by atoms with Gasteiger partial charge in [0.1, 0.15) is 5.58 Å². The van der Waals surface area contributed by atoms with Crippen molar-refractivity contribution in [3.05, 3.63) is 145 Å². The van der Waals surface area contributed by atoms with Crippen molar-refractivity contribution in [2.24, 2.45) is 0 Å². The van der Waals surface area contributed by atoms with Crippen molar-refractivity contribution in [3.63, 3.8) is 0 Å². The third-order valence-corrected chi connectivity index (χ3v) is 7.59. The zero-order valence-corrected chi connectivity index (χ0v) is 27.5. The van der Waals surface area contributed by atoms with Crippen LogP contribution >= 0.6 is 0 Å². The minimum Gasteiger partial charge on any atom is -0.501 e. The maximum atomic E-state index is 6.32. The van der Waals surface area contributed by atoms with E-state index in [4.69, 9.17) is 9.40 Å². The summed E-state index contributed by atoms with van der Waals surface area (Å²) in [5.41, 5.74) is 8.54. The molecule has 0 saturated heterocycles. The number of pyridine rings is 2. The molecule has 4 heterocycles. The molecule has 223 valence electrons. The molecule has 4 aromatic carbocycles. The fraction of sp³-hybridized carbons (Fsp3) is 0.103. The summed E-state index contributed by atoms with van der Waals surface area (Å²) in [5.74, 6) is 0.800. The van der Waals surface area contributed by atoms with E-state index in [1.807, 2.05) is 97.3 Å². The Morgan fingerprint density at radius 2 is 1.51 bits per heavy atom. The van der Waals surface area contributed by atoms with E-state index in [0.717, 1.165) is 66.9 Å². The third kappa shape index (κ3) is 5.83. The van der Waals surface area contributed by atoms with Gasteiger partial charge in [-0.25, -0.2) is 0 Å². The van der Waals surface area contributed by atoms with Gasteiger partial charge in [-0.1, -0.05) is 80.3 Å². The van der Waals surface area contributed by atoms with Crippen LogP contribution in [0.5, 0.6) is 0 Å². The van der Waals surface area contributed by atoms with Crippen LogP contribution in [0.1, 0.15) is 26.3 Å². The first-order valence-electron chi connectivity index (χ1n) is 14.6. The summed E-state index contributed by atoms with van der Waals surface area (Å²) in [6, 6.07) is 42.7. The monoisotopic (exact) mass is 763 g/mol. The minimum atomic E-state index is -0.0918. The number of imidazole rings is 1. The normalized spacial score (nSPS) is 11.3. The van der Waals surface area contributed by atoms with Crippen molar-refractivity contribution in [1.29, 1.82) is 0 Å². The Morgan fingerprint density at radius 3 is 2.27 bits per heavy atom. The molecule has 0 spiro atoms. The summed E-state index contributed by atoms with van der Waals surface area (Å²) in [7, 11) is 0. The first-order chi connectivity index (χ1) is 21.5. The second kappa shape index (κ2) is 12.6. The van der Waals surface area contributed by atoms with Gasteiger partial charge >= 0.3 is 0 Å². The predicted octanol–water partition coefficient (Wildman–Crippen LogP) is 9.63. The van der Waals surface area contributed by atoms with Gasteiger partial charge in [-0.15, -0.1) is 54.1 Å². The van der Waals surface area contributed by atoms with E-state index in [9.17, 15) is 0 Å². The summed E-state index contributed by atoms with van der Waals surface area (Å²) in [6.45, 7) is 6.62. The maximum absolute atomic E-state index is 6.32. The fourth-order valence-corrected chi connectivity index (χ4v) is 5.51. The number of para-hydroxylation sites is 2. The van der Waals surface area contributed by atoms with Crippen molar-refractivity contribution >= 4 is 33.0 Å². The van der Waals surface area contributed by atoms with Crippen LogP contribution in [0.4, 0.5) is 0 Å². The number of furan rings is 1. The summed E-state index contributed by atoms with van der Waals surface area (Å²) in [4.78, 5) is 13.8. The number of rotatable bonds is 3. The van der Waals surface area contributed by atoms with Crippen LogP contribution in [-0.4, -0.2) is 19.5 Å². The summed E-state index contributed by atoms with van der Waals surface area (Å²) in [6.07, 6.45) is 5.58. The average Bonchev–Trinajstić information content (AvgIpc) is 3.65. The summed E-state index contributed by atoms with van der Waals surface area (Å²) >= 11 is 0. The largest absolute Gasteiger partial charge is 0.501 e. The first-order valence-corrected chi connectivity index (χ1v) is 14.6. The molecule has 8 rings (SSSR count). The van der Waals surface area contributed by atoms with Crippen LogP contribution in [-0.2, 0) is 25.5 Å². The number of aromatic nitrogens is 4. The number of hydrogen-bond acceptors (Lipinski definition) is 4. The second-order valence-corrected chi connectivity index (χ2v) is 11.6. The molecule has 0 atom stereocenters. The Hall–Kier alpha value is -4.90. The van der Waals surface area contributed by atoms with Crippen LogP contribution in [0.15, 0.2) is 132 Å². The van der Waals surface area contributed by atoms with Crippen LogP contribution in [0, 0.1) is 12.1 Å². The number of nitrogens with zero attached hydrogens (tertiary/aromatic N) is 4. The van der Waals surface area contributed by atoms with Crippen LogP contribution in [0.3, 0.4) is 0 Å². The Kier molecular flexibility index (Phi) is 8.44. The quantitative estimate of drug-likeness (QED) is 0.168. The molecule has 0 fully saturated rings. The molecule has 1 radical (unpaired) electrons. The molecule has 45 heavy (non-hydrogen) atoms. The topological polar surface area (TPSA) is 56.7 Å². The van der Waals surface area contributed by atoms with Crippen molar-refractivity contribution < 1.29 is 24.5 Å². The van der Waals surface area contributed by atoms with E-state index >= 15 is 0 Å². The van der Waals surface area contributed by atoms with Gasteiger partial charge in [-0.3, -0.25) is 9.97 Å². The van der Waals surface area contributed by atoms with Crippen molar-refractivity contribution in [1.82, 2.24) is 19.5 Å². The Labute approximate surface area is 276 Å². The number of hydrogen-bond donors (Lipinski definition) is 0. The van der Waals surface area contributed by atoms with E-state index in [2.05, 4.69) is 71.7 Å². The van der Waals surface area contributed by atoms with E-state index in [1.54, 1.807) is 6.20 Å². The van der Waals surface area contributed by atoms with Crippen molar-refractivity contribution in [3.8, 4) is 28.3 Å². The standard InChI is InChI=1S/C28H22N3O.C11H8N.Ir/c1-28(2,3)22-16-29-17-23-25(22)31(18-10-5-4-6-11-18)27(30-23)21-14-9-13-20-19-12-7-8-15-24(19)32-26(20)21;1-2-6-10(7-3-1)11-8-4-5-9-12-11;/h4-13,15-17H,1-3H3;1-6,8-9H;/q2*-1;. The van der Waals surface area contributed by atoms with Crippen molar-refractivity contribution in [2.45, 2.75) is 26.2 Å². The molecule has 6 heteroatoms. The summed E-state index contributed by atoms with van der Waals surface area (Å²) < 4.78 is 8.54. The molecule has 0 aliphatic rings. The molecule has 0 aliphatic heterocycles. The molecule has 0 unspecified atom stereocenters. The minimum absolute atomic E-state index is 0. The second-order valence-electron chi connectivity index (χ2n) is 11.6. The predicted molar refractivity (Wildman–Crippen MR) is 178 cm³/mol. The van der Waals surface area contributed by atoms with Crippen LogP contribution < -0.4 is 0 Å². The van der Waals surface area contributed by atoms with Crippen LogP contribution in [0.2, 0.25) is 0 Å². The van der Waals surface area contributed by atoms with E-state index in [0.29, 0.717) is 0 Å². The molecule has 4 aromatic heterocycles.